The van der Waals surface area contributed by atoms with Crippen LogP contribution in [-0.2, 0) is 0 Å². The first kappa shape index (κ1) is 13.1. The molecule has 2 aromatic carbocycles. The molecule has 0 saturated heterocycles. The maximum absolute atomic E-state index is 12.2. The van der Waals surface area contributed by atoms with E-state index in [1.807, 2.05) is 18.2 Å². The molecule has 0 fully saturated rings. The summed E-state index contributed by atoms with van der Waals surface area (Å²) in [6.45, 7) is 0. The number of carbonyl (C=O) groups excluding carboxylic acids is 1. The average Bonchev–Trinajstić information content (AvgIpc) is 2.89. The van der Waals surface area contributed by atoms with Crippen LogP contribution in [0.25, 0.3) is 10.2 Å². The molecule has 0 radical (unpaired) electrons. The molecule has 3 rings (SSSR count). The number of anilines is 2. The lowest BCUT2D eigenvalue weighted by atomic mass is 10.2. The topological polar surface area (TPSA) is 68.0 Å². The highest BCUT2D eigenvalue weighted by molar-refractivity contribution is 9.10. The first-order chi connectivity index (χ1) is 9.63. The fourth-order valence-electron chi connectivity index (χ4n) is 1.80. The Balaban J connectivity index is 1.85. The number of carbonyl (C=O) groups is 1. The fourth-order valence-corrected chi connectivity index (χ4v) is 2.90. The molecule has 4 nitrogen and oxygen atoms in total. The second kappa shape index (κ2) is 5.22. The van der Waals surface area contributed by atoms with Gasteiger partial charge in [-0.1, -0.05) is 0 Å². The van der Waals surface area contributed by atoms with E-state index < -0.39 is 0 Å². The number of hydrogen-bond donors (Lipinski definition) is 2. The molecule has 1 amide bonds. The number of nitrogen functional groups attached to an aromatic ring is 1. The molecule has 3 aromatic rings. The molecule has 0 spiro atoms. The van der Waals surface area contributed by atoms with Crippen molar-refractivity contribution >= 4 is 54.8 Å². The molecule has 0 unspecified atom stereocenters. The van der Waals surface area contributed by atoms with Crippen molar-refractivity contribution < 1.29 is 4.79 Å². The minimum absolute atomic E-state index is 0.172. The van der Waals surface area contributed by atoms with E-state index in [9.17, 15) is 4.79 Å². The van der Waals surface area contributed by atoms with E-state index in [1.165, 1.54) is 0 Å². The van der Waals surface area contributed by atoms with Gasteiger partial charge >= 0.3 is 0 Å². The summed E-state index contributed by atoms with van der Waals surface area (Å²) >= 11 is 4.86. The number of benzene rings is 2. The zero-order valence-electron chi connectivity index (χ0n) is 10.3. The van der Waals surface area contributed by atoms with Crippen molar-refractivity contribution in [1.82, 2.24) is 4.98 Å². The highest BCUT2D eigenvalue weighted by Crippen LogP contribution is 2.24. The van der Waals surface area contributed by atoms with Gasteiger partial charge in [-0.25, -0.2) is 4.98 Å². The van der Waals surface area contributed by atoms with Gasteiger partial charge in [0.2, 0.25) is 0 Å². The Morgan fingerprint density at radius 3 is 2.90 bits per heavy atom. The second-order valence-electron chi connectivity index (χ2n) is 4.23. The van der Waals surface area contributed by atoms with E-state index in [0.29, 0.717) is 15.7 Å². The summed E-state index contributed by atoms with van der Waals surface area (Å²) in [5.74, 6) is -0.172. The van der Waals surface area contributed by atoms with Gasteiger partial charge in [-0.3, -0.25) is 4.79 Å². The SMILES string of the molecule is Nc1ccc(C(=O)Nc2ccc3ncsc3c2)cc1Br. The van der Waals surface area contributed by atoms with Gasteiger partial charge in [-0.15, -0.1) is 11.3 Å². The highest BCUT2D eigenvalue weighted by atomic mass is 79.9. The molecular formula is C14H10BrN3OS. The zero-order valence-corrected chi connectivity index (χ0v) is 12.7. The molecule has 20 heavy (non-hydrogen) atoms. The van der Waals surface area contributed by atoms with Crippen molar-refractivity contribution in [1.29, 1.82) is 0 Å². The van der Waals surface area contributed by atoms with Crippen LogP contribution in [0.2, 0.25) is 0 Å². The molecule has 6 heteroatoms. The molecule has 0 aliphatic rings. The minimum atomic E-state index is -0.172. The van der Waals surface area contributed by atoms with E-state index >= 15 is 0 Å². The van der Waals surface area contributed by atoms with Crippen LogP contribution in [0.5, 0.6) is 0 Å². The molecule has 0 saturated carbocycles. The maximum Gasteiger partial charge on any atom is 0.255 e. The van der Waals surface area contributed by atoms with Gasteiger partial charge < -0.3 is 11.1 Å². The Kier molecular flexibility index (Phi) is 3.42. The van der Waals surface area contributed by atoms with Crippen molar-refractivity contribution in [3.05, 3.63) is 51.9 Å². The van der Waals surface area contributed by atoms with Crippen molar-refractivity contribution in [3.63, 3.8) is 0 Å². The number of rotatable bonds is 2. The summed E-state index contributed by atoms with van der Waals surface area (Å²) in [5.41, 5.74) is 10.3. The van der Waals surface area contributed by atoms with Crippen LogP contribution in [0.1, 0.15) is 10.4 Å². The molecular weight excluding hydrogens is 338 g/mol. The van der Waals surface area contributed by atoms with Crippen LogP contribution >= 0.6 is 27.3 Å². The summed E-state index contributed by atoms with van der Waals surface area (Å²) in [6.07, 6.45) is 0. The summed E-state index contributed by atoms with van der Waals surface area (Å²) in [4.78, 5) is 16.4. The van der Waals surface area contributed by atoms with Gasteiger partial charge in [0.15, 0.2) is 0 Å². The van der Waals surface area contributed by atoms with Crippen LogP contribution in [0.3, 0.4) is 0 Å². The van der Waals surface area contributed by atoms with E-state index in [1.54, 1.807) is 35.0 Å². The zero-order chi connectivity index (χ0) is 14.1. The number of halogens is 1. The van der Waals surface area contributed by atoms with Gasteiger partial charge in [0.1, 0.15) is 0 Å². The molecule has 0 atom stereocenters. The average molecular weight is 348 g/mol. The number of thiazole rings is 1. The van der Waals surface area contributed by atoms with Gasteiger partial charge in [-0.05, 0) is 52.3 Å². The Hall–Kier alpha value is -1.92. The Morgan fingerprint density at radius 2 is 2.10 bits per heavy atom. The number of fused-ring (bicyclic) bond motifs is 1. The first-order valence-electron chi connectivity index (χ1n) is 5.83. The number of hydrogen-bond acceptors (Lipinski definition) is 4. The van der Waals surface area contributed by atoms with Crippen LogP contribution in [0, 0.1) is 0 Å². The normalized spacial score (nSPS) is 10.7. The third-order valence-electron chi connectivity index (χ3n) is 2.85. The number of amides is 1. The van der Waals surface area contributed by atoms with E-state index in [-0.39, 0.29) is 5.91 Å². The monoisotopic (exact) mass is 347 g/mol. The number of nitrogens with zero attached hydrogens (tertiary/aromatic N) is 1. The van der Waals surface area contributed by atoms with Crippen LogP contribution in [0.15, 0.2) is 46.4 Å². The van der Waals surface area contributed by atoms with E-state index in [2.05, 4.69) is 26.2 Å². The van der Waals surface area contributed by atoms with Crippen molar-refractivity contribution in [2.24, 2.45) is 0 Å². The van der Waals surface area contributed by atoms with Crippen molar-refractivity contribution in [3.8, 4) is 0 Å². The lowest BCUT2D eigenvalue weighted by Crippen LogP contribution is -2.11. The minimum Gasteiger partial charge on any atom is -0.398 e. The summed E-state index contributed by atoms with van der Waals surface area (Å²) in [7, 11) is 0. The predicted molar refractivity (Wildman–Crippen MR) is 86.1 cm³/mol. The predicted octanol–water partition coefficient (Wildman–Crippen LogP) is 3.89. The van der Waals surface area contributed by atoms with Crippen LogP contribution < -0.4 is 11.1 Å². The van der Waals surface area contributed by atoms with Crippen LogP contribution in [0.4, 0.5) is 11.4 Å². The largest absolute Gasteiger partial charge is 0.398 e. The summed E-state index contributed by atoms with van der Waals surface area (Å²) in [5, 5.41) is 2.87. The molecule has 1 heterocycles. The molecule has 0 aliphatic heterocycles. The van der Waals surface area contributed by atoms with Gasteiger partial charge in [0, 0.05) is 21.4 Å². The lowest BCUT2D eigenvalue weighted by molar-refractivity contribution is 0.102. The van der Waals surface area contributed by atoms with Crippen LogP contribution in [-0.4, -0.2) is 10.9 Å². The van der Waals surface area contributed by atoms with Crippen molar-refractivity contribution in [2.45, 2.75) is 0 Å². The maximum atomic E-state index is 12.2. The smallest absolute Gasteiger partial charge is 0.255 e. The number of aromatic nitrogens is 1. The van der Waals surface area contributed by atoms with Gasteiger partial charge in [0.05, 0.1) is 15.7 Å². The lowest BCUT2D eigenvalue weighted by Gasteiger charge is -2.06. The third kappa shape index (κ3) is 2.52. The van der Waals surface area contributed by atoms with Crippen molar-refractivity contribution in [2.75, 3.05) is 11.1 Å². The van der Waals surface area contributed by atoms with Gasteiger partial charge in [0.25, 0.3) is 5.91 Å². The third-order valence-corrected chi connectivity index (χ3v) is 4.33. The summed E-state index contributed by atoms with van der Waals surface area (Å²) in [6, 6.07) is 10.7. The standard InChI is InChI=1S/C14H10BrN3OS/c15-10-5-8(1-3-11(10)16)14(19)18-9-2-4-12-13(6-9)20-7-17-12/h1-7H,16H2,(H,18,19). The molecule has 3 N–H and O–H groups in total. The number of nitrogens with two attached hydrogens (primary N) is 1. The quantitative estimate of drug-likeness (QED) is 0.691. The Labute approximate surface area is 127 Å². The molecule has 1 aromatic heterocycles. The molecule has 100 valence electrons. The second-order valence-corrected chi connectivity index (χ2v) is 5.97. The van der Waals surface area contributed by atoms with E-state index in [4.69, 9.17) is 5.73 Å². The first-order valence-corrected chi connectivity index (χ1v) is 7.50. The summed E-state index contributed by atoms with van der Waals surface area (Å²) < 4.78 is 1.75. The Morgan fingerprint density at radius 1 is 1.25 bits per heavy atom. The number of nitrogens with one attached hydrogen (secondary N) is 1. The molecule has 0 aliphatic carbocycles. The van der Waals surface area contributed by atoms with E-state index in [0.717, 1.165) is 15.9 Å². The van der Waals surface area contributed by atoms with Gasteiger partial charge in [-0.2, -0.15) is 0 Å². The molecule has 0 bridgehead atoms. The Bertz CT molecular complexity index is 800. The fraction of sp³-hybridized carbons (Fsp3) is 0. The highest BCUT2D eigenvalue weighted by Gasteiger charge is 2.08.